The zero-order chi connectivity index (χ0) is 16.9. The summed E-state index contributed by atoms with van der Waals surface area (Å²) in [5, 5.41) is 8.85. The third-order valence-electron chi connectivity index (χ3n) is 3.35. The summed E-state index contributed by atoms with van der Waals surface area (Å²) >= 11 is 1.54. The Kier molecular flexibility index (Phi) is 4.77. The molecule has 0 fully saturated rings. The van der Waals surface area contributed by atoms with Crippen LogP contribution in [0.3, 0.4) is 0 Å². The molecule has 3 aromatic rings. The predicted octanol–water partition coefficient (Wildman–Crippen LogP) is 4.52. The number of amides is 1. The van der Waals surface area contributed by atoms with E-state index in [1.165, 1.54) is 6.92 Å². The average molecular weight is 339 g/mol. The Morgan fingerprint density at radius 1 is 1.04 bits per heavy atom. The first kappa shape index (κ1) is 16.0. The number of carbonyl (C=O) groups excluding carboxylic acids is 1. The number of thiazole rings is 1. The fourth-order valence-corrected chi connectivity index (χ4v) is 2.93. The number of nitrogens with zero attached hydrogens (tertiary/aromatic N) is 1. The van der Waals surface area contributed by atoms with Gasteiger partial charge < -0.3 is 15.4 Å². The zero-order valence-corrected chi connectivity index (χ0v) is 14.2. The highest BCUT2D eigenvalue weighted by Gasteiger charge is 2.06. The molecule has 1 aromatic heterocycles. The second-order valence-electron chi connectivity index (χ2n) is 5.15. The molecular weight excluding hydrogens is 322 g/mol. The van der Waals surface area contributed by atoms with Crippen LogP contribution < -0.4 is 15.4 Å². The molecule has 0 aliphatic rings. The molecule has 0 radical (unpaired) electrons. The van der Waals surface area contributed by atoms with E-state index in [2.05, 4.69) is 15.6 Å². The quantitative estimate of drug-likeness (QED) is 0.717. The zero-order valence-electron chi connectivity index (χ0n) is 13.4. The summed E-state index contributed by atoms with van der Waals surface area (Å²) < 4.78 is 5.15. The first-order chi connectivity index (χ1) is 11.6. The lowest BCUT2D eigenvalue weighted by molar-refractivity contribution is -0.114. The summed E-state index contributed by atoms with van der Waals surface area (Å²) in [4.78, 5) is 15.6. The molecule has 5 nitrogen and oxygen atoms in total. The molecule has 0 aliphatic carbocycles. The van der Waals surface area contributed by atoms with Crippen molar-refractivity contribution in [3.63, 3.8) is 0 Å². The maximum atomic E-state index is 11.0. The minimum atomic E-state index is -0.0811. The molecule has 24 heavy (non-hydrogen) atoms. The first-order valence-corrected chi connectivity index (χ1v) is 8.26. The first-order valence-electron chi connectivity index (χ1n) is 7.38. The molecule has 122 valence electrons. The molecule has 1 heterocycles. The van der Waals surface area contributed by atoms with Crippen molar-refractivity contribution < 1.29 is 9.53 Å². The van der Waals surface area contributed by atoms with Crippen molar-refractivity contribution in [1.82, 2.24) is 4.98 Å². The minimum absolute atomic E-state index is 0.0811. The van der Waals surface area contributed by atoms with Gasteiger partial charge in [-0.05, 0) is 36.4 Å². The van der Waals surface area contributed by atoms with Crippen LogP contribution in [-0.2, 0) is 4.79 Å². The van der Waals surface area contributed by atoms with Gasteiger partial charge in [-0.15, -0.1) is 11.3 Å². The van der Waals surface area contributed by atoms with Gasteiger partial charge in [0.1, 0.15) is 5.75 Å². The van der Waals surface area contributed by atoms with E-state index in [-0.39, 0.29) is 5.91 Å². The van der Waals surface area contributed by atoms with E-state index in [1.54, 1.807) is 18.4 Å². The Hall–Kier alpha value is -2.86. The second kappa shape index (κ2) is 7.14. The maximum absolute atomic E-state index is 11.0. The van der Waals surface area contributed by atoms with Crippen LogP contribution in [0.1, 0.15) is 6.92 Å². The fourth-order valence-electron chi connectivity index (χ4n) is 2.19. The van der Waals surface area contributed by atoms with E-state index in [0.717, 1.165) is 33.5 Å². The lowest BCUT2D eigenvalue weighted by atomic mass is 10.1. The van der Waals surface area contributed by atoms with Gasteiger partial charge in [-0.1, -0.05) is 12.1 Å². The molecule has 0 aliphatic heterocycles. The lowest BCUT2D eigenvalue weighted by Crippen LogP contribution is -2.05. The summed E-state index contributed by atoms with van der Waals surface area (Å²) in [6.45, 7) is 1.49. The molecule has 1 amide bonds. The average Bonchev–Trinajstić information content (AvgIpc) is 3.04. The van der Waals surface area contributed by atoms with Crippen LogP contribution in [0, 0.1) is 0 Å². The Balaban J connectivity index is 1.71. The van der Waals surface area contributed by atoms with Gasteiger partial charge in [0.15, 0.2) is 5.13 Å². The Labute approximate surface area is 144 Å². The number of ether oxygens (including phenoxy) is 1. The van der Waals surface area contributed by atoms with Gasteiger partial charge in [0.25, 0.3) is 0 Å². The van der Waals surface area contributed by atoms with Crippen LogP contribution in [-0.4, -0.2) is 18.0 Å². The number of carbonyl (C=O) groups is 1. The van der Waals surface area contributed by atoms with Crippen LogP contribution in [0.4, 0.5) is 16.5 Å². The van der Waals surface area contributed by atoms with Crippen molar-refractivity contribution in [1.29, 1.82) is 0 Å². The third kappa shape index (κ3) is 3.91. The summed E-state index contributed by atoms with van der Waals surface area (Å²) in [7, 11) is 1.65. The molecule has 6 heteroatoms. The standard InChI is InChI=1S/C18H17N3O2S/c1-12(22)19-14-5-3-13(4-6-14)17-11-24-18(21-17)20-15-7-9-16(23-2)10-8-15/h3-11H,1-2H3,(H,19,22)(H,20,21). The number of nitrogens with one attached hydrogen (secondary N) is 2. The molecule has 0 bridgehead atoms. The highest BCUT2D eigenvalue weighted by atomic mass is 32.1. The van der Waals surface area contributed by atoms with Crippen LogP contribution >= 0.6 is 11.3 Å². The molecule has 3 rings (SSSR count). The van der Waals surface area contributed by atoms with Gasteiger partial charge in [0.2, 0.25) is 5.91 Å². The Morgan fingerprint density at radius 2 is 1.71 bits per heavy atom. The Bertz CT molecular complexity index is 826. The van der Waals surface area contributed by atoms with Crippen molar-refractivity contribution >= 4 is 33.8 Å². The van der Waals surface area contributed by atoms with Gasteiger partial charge in [-0.25, -0.2) is 4.98 Å². The van der Waals surface area contributed by atoms with Crippen molar-refractivity contribution in [2.45, 2.75) is 6.92 Å². The largest absolute Gasteiger partial charge is 0.497 e. The van der Waals surface area contributed by atoms with Gasteiger partial charge >= 0.3 is 0 Å². The van der Waals surface area contributed by atoms with Crippen molar-refractivity contribution in [2.75, 3.05) is 17.7 Å². The number of anilines is 3. The van der Waals surface area contributed by atoms with Crippen molar-refractivity contribution in [3.05, 3.63) is 53.9 Å². The van der Waals surface area contributed by atoms with Crippen LogP contribution in [0.25, 0.3) is 11.3 Å². The SMILES string of the molecule is COc1ccc(Nc2nc(-c3ccc(NC(C)=O)cc3)cs2)cc1. The Morgan fingerprint density at radius 3 is 2.33 bits per heavy atom. The van der Waals surface area contributed by atoms with E-state index in [0.29, 0.717) is 0 Å². The molecular formula is C18H17N3O2S. The molecule has 0 spiro atoms. The van der Waals surface area contributed by atoms with Crippen molar-refractivity contribution in [2.24, 2.45) is 0 Å². The molecule has 2 aromatic carbocycles. The predicted molar refractivity (Wildman–Crippen MR) is 98.1 cm³/mol. The minimum Gasteiger partial charge on any atom is -0.497 e. The lowest BCUT2D eigenvalue weighted by Gasteiger charge is -2.04. The van der Waals surface area contributed by atoms with Gasteiger partial charge in [-0.3, -0.25) is 4.79 Å². The van der Waals surface area contributed by atoms with Gasteiger partial charge in [0, 0.05) is 29.2 Å². The molecule has 0 saturated carbocycles. The number of hydrogen-bond donors (Lipinski definition) is 2. The number of rotatable bonds is 5. The van der Waals surface area contributed by atoms with Gasteiger partial charge in [-0.2, -0.15) is 0 Å². The monoisotopic (exact) mass is 339 g/mol. The summed E-state index contributed by atoms with van der Waals surface area (Å²) in [6, 6.07) is 15.3. The smallest absolute Gasteiger partial charge is 0.221 e. The number of benzene rings is 2. The topological polar surface area (TPSA) is 63.2 Å². The van der Waals surface area contributed by atoms with E-state index >= 15 is 0 Å². The highest BCUT2D eigenvalue weighted by molar-refractivity contribution is 7.14. The highest BCUT2D eigenvalue weighted by Crippen LogP contribution is 2.28. The maximum Gasteiger partial charge on any atom is 0.221 e. The number of hydrogen-bond acceptors (Lipinski definition) is 5. The fraction of sp³-hybridized carbons (Fsp3) is 0.111. The van der Waals surface area contributed by atoms with E-state index in [9.17, 15) is 4.79 Å². The normalized spacial score (nSPS) is 10.2. The van der Waals surface area contributed by atoms with E-state index in [4.69, 9.17) is 4.74 Å². The molecule has 0 unspecified atom stereocenters. The van der Waals surface area contributed by atoms with Crippen LogP contribution in [0.5, 0.6) is 5.75 Å². The third-order valence-corrected chi connectivity index (χ3v) is 4.10. The van der Waals surface area contributed by atoms with Crippen LogP contribution in [0.2, 0.25) is 0 Å². The molecule has 2 N–H and O–H groups in total. The molecule has 0 saturated heterocycles. The summed E-state index contributed by atoms with van der Waals surface area (Å²) in [5.41, 5.74) is 3.63. The summed E-state index contributed by atoms with van der Waals surface area (Å²) in [6.07, 6.45) is 0. The summed E-state index contributed by atoms with van der Waals surface area (Å²) in [5.74, 6) is 0.738. The number of methoxy groups -OCH3 is 1. The number of aromatic nitrogens is 1. The van der Waals surface area contributed by atoms with Gasteiger partial charge in [0.05, 0.1) is 12.8 Å². The van der Waals surface area contributed by atoms with E-state index in [1.807, 2.05) is 53.9 Å². The van der Waals surface area contributed by atoms with E-state index < -0.39 is 0 Å². The second-order valence-corrected chi connectivity index (χ2v) is 6.01. The van der Waals surface area contributed by atoms with Crippen molar-refractivity contribution in [3.8, 4) is 17.0 Å². The molecule has 0 atom stereocenters. The van der Waals surface area contributed by atoms with Crippen LogP contribution in [0.15, 0.2) is 53.9 Å².